The molecule has 1 unspecified atom stereocenters. The molecule has 2 amide bonds. The van der Waals surface area contributed by atoms with Crippen molar-refractivity contribution in [2.24, 2.45) is 22.4 Å². The number of rotatable bonds is 10. The van der Waals surface area contributed by atoms with Crippen LogP contribution in [0.1, 0.15) is 57.1 Å². The summed E-state index contributed by atoms with van der Waals surface area (Å²) in [5.41, 5.74) is 15.9. The van der Waals surface area contributed by atoms with Crippen LogP contribution in [0.25, 0.3) is 17.2 Å². The molecule has 1 aliphatic rings. The summed E-state index contributed by atoms with van der Waals surface area (Å²) in [6.07, 6.45) is 3.20. The molecule has 2 aromatic rings. The number of hydrogen-bond acceptors (Lipinski definition) is 5. The fourth-order valence-electron chi connectivity index (χ4n) is 4.38. The van der Waals surface area contributed by atoms with Gasteiger partial charge >= 0.3 is 5.97 Å². The average Bonchev–Trinajstić information content (AvgIpc) is 2.98. The van der Waals surface area contributed by atoms with Crippen molar-refractivity contribution in [2.45, 2.75) is 46.0 Å². The summed E-state index contributed by atoms with van der Waals surface area (Å²) in [6, 6.07) is 13.2. The summed E-state index contributed by atoms with van der Waals surface area (Å²) in [6.45, 7) is 6.21. The highest BCUT2D eigenvalue weighted by atomic mass is 16.4. The molecule has 1 aliphatic heterocycles. The van der Waals surface area contributed by atoms with Crippen molar-refractivity contribution < 1.29 is 19.5 Å². The van der Waals surface area contributed by atoms with Crippen LogP contribution < -0.4 is 11.5 Å². The first-order valence-electron chi connectivity index (χ1n) is 12.2. The molecule has 2 aromatic carbocycles. The van der Waals surface area contributed by atoms with E-state index >= 15 is 0 Å². The number of carbonyl (C=O) groups is 3. The van der Waals surface area contributed by atoms with Crippen LogP contribution in [0.4, 0.5) is 5.69 Å². The van der Waals surface area contributed by atoms with Gasteiger partial charge in [0.15, 0.2) is 0 Å². The maximum atomic E-state index is 13.1. The minimum atomic E-state index is -0.822. The van der Waals surface area contributed by atoms with Gasteiger partial charge in [-0.3, -0.25) is 14.4 Å². The van der Waals surface area contributed by atoms with E-state index in [-0.39, 0.29) is 24.8 Å². The van der Waals surface area contributed by atoms with Gasteiger partial charge in [-0.05, 0) is 47.6 Å². The first-order valence-corrected chi connectivity index (χ1v) is 12.2. The second kappa shape index (κ2) is 11.7. The molecule has 5 N–H and O–H groups in total. The Bertz CT molecular complexity index is 1200. The highest BCUT2D eigenvalue weighted by Crippen LogP contribution is 2.33. The predicted octanol–water partition coefficient (Wildman–Crippen LogP) is 4.07. The van der Waals surface area contributed by atoms with Crippen molar-refractivity contribution in [1.82, 2.24) is 4.90 Å². The molecule has 36 heavy (non-hydrogen) atoms. The molecule has 0 spiro atoms. The lowest BCUT2D eigenvalue weighted by atomic mass is 9.89. The number of amidine groups is 1. The standard InChI is InChI=1S/C28H34N4O4/c1-4-11-32(16-26(30)33)27(34)22-13-21-10-9-20(14-24(21)31-25(29)15-22)18-5-7-19(8-6-18)23(28(35)36)12-17(2)3/h5-10,13-14,17,23H,4,11-12,15-16H2,1-3H3,(H2,29,31)(H2,30,33)(H,35,36). The van der Waals surface area contributed by atoms with Crippen LogP contribution in [0, 0.1) is 5.92 Å². The fraction of sp³-hybridized carbons (Fsp3) is 0.357. The number of carboxylic acid groups (broad SMARTS) is 1. The SMILES string of the molecule is CCCN(CC(N)=O)C(=O)C1=Cc2ccc(-c3ccc(C(CC(C)C)C(=O)O)cc3)cc2N=C(N)C1. The topological polar surface area (TPSA) is 139 Å². The zero-order valence-corrected chi connectivity index (χ0v) is 21.0. The van der Waals surface area contributed by atoms with Crippen LogP contribution in [0.15, 0.2) is 53.0 Å². The zero-order chi connectivity index (χ0) is 26.4. The summed E-state index contributed by atoms with van der Waals surface area (Å²) in [7, 11) is 0. The number of nitrogens with zero attached hydrogens (tertiary/aromatic N) is 2. The molecule has 8 heteroatoms. The number of aliphatic carboxylic acids is 1. The summed E-state index contributed by atoms with van der Waals surface area (Å²) < 4.78 is 0. The van der Waals surface area contributed by atoms with E-state index in [0.29, 0.717) is 36.5 Å². The Kier molecular flexibility index (Phi) is 8.64. The van der Waals surface area contributed by atoms with Gasteiger partial charge in [0.2, 0.25) is 5.91 Å². The second-order valence-corrected chi connectivity index (χ2v) is 9.56. The van der Waals surface area contributed by atoms with Crippen LogP contribution in [-0.4, -0.2) is 46.7 Å². The zero-order valence-electron chi connectivity index (χ0n) is 21.0. The number of hydrogen-bond donors (Lipinski definition) is 3. The number of nitrogens with two attached hydrogens (primary N) is 2. The van der Waals surface area contributed by atoms with Gasteiger partial charge in [0.25, 0.3) is 5.91 Å². The van der Waals surface area contributed by atoms with Crippen molar-refractivity contribution in [1.29, 1.82) is 0 Å². The normalized spacial score (nSPS) is 13.8. The van der Waals surface area contributed by atoms with Gasteiger partial charge in [-0.1, -0.05) is 57.2 Å². The molecule has 0 aliphatic carbocycles. The van der Waals surface area contributed by atoms with Gasteiger partial charge in [-0.15, -0.1) is 0 Å². The summed E-state index contributed by atoms with van der Waals surface area (Å²) in [4.78, 5) is 42.3. The number of carbonyl (C=O) groups excluding carboxylic acids is 2. The molecule has 1 atom stereocenters. The van der Waals surface area contributed by atoms with E-state index in [1.807, 2.05) is 63.2 Å². The van der Waals surface area contributed by atoms with Crippen LogP contribution in [-0.2, 0) is 14.4 Å². The Morgan fingerprint density at radius 1 is 1.08 bits per heavy atom. The second-order valence-electron chi connectivity index (χ2n) is 9.56. The minimum absolute atomic E-state index is 0.150. The van der Waals surface area contributed by atoms with E-state index in [0.717, 1.165) is 22.3 Å². The quantitative estimate of drug-likeness (QED) is 0.461. The molecule has 0 aromatic heterocycles. The number of benzene rings is 2. The number of carboxylic acids is 1. The van der Waals surface area contributed by atoms with Gasteiger partial charge in [0.1, 0.15) is 5.84 Å². The molecular weight excluding hydrogens is 456 g/mol. The Balaban J connectivity index is 1.91. The van der Waals surface area contributed by atoms with E-state index in [4.69, 9.17) is 11.5 Å². The average molecular weight is 491 g/mol. The predicted molar refractivity (Wildman–Crippen MR) is 142 cm³/mol. The van der Waals surface area contributed by atoms with Gasteiger partial charge < -0.3 is 21.5 Å². The van der Waals surface area contributed by atoms with Gasteiger partial charge in [-0.25, -0.2) is 4.99 Å². The molecular formula is C28H34N4O4. The van der Waals surface area contributed by atoms with Crippen molar-refractivity contribution in [2.75, 3.05) is 13.1 Å². The van der Waals surface area contributed by atoms with Gasteiger partial charge in [0, 0.05) is 24.1 Å². The summed E-state index contributed by atoms with van der Waals surface area (Å²) >= 11 is 0. The van der Waals surface area contributed by atoms with Crippen molar-refractivity contribution >= 4 is 35.4 Å². The van der Waals surface area contributed by atoms with Crippen molar-refractivity contribution in [3.05, 3.63) is 59.2 Å². The number of aliphatic imine (C=N–C) groups is 1. The third-order valence-electron chi connectivity index (χ3n) is 6.05. The Labute approximate surface area is 211 Å². The molecule has 0 fully saturated rings. The third-order valence-corrected chi connectivity index (χ3v) is 6.05. The van der Waals surface area contributed by atoms with Crippen LogP contribution in [0.3, 0.4) is 0 Å². The summed E-state index contributed by atoms with van der Waals surface area (Å²) in [5.74, 6) is -1.64. The fourth-order valence-corrected chi connectivity index (χ4v) is 4.38. The molecule has 1 heterocycles. The third kappa shape index (κ3) is 6.59. The van der Waals surface area contributed by atoms with Gasteiger partial charge in [0.05, 0.1) is 18.2 Å². The molecule has 8 nitrogen and oxygen atoms in total. The molecule has 0 bridgehead atoms. The van der Waals surface area contributed by atoms with E-state index < -0.39 is 17.8 Å². The molecule has 0 saturated heterocycles. The first-order chi connectivity index (χ1) is 17.1. The Hall–Kier alpha value is -3.94. The van der Waals surface area contributed by atoms with E-state index in [1.54, 1.807) is 6.08 Å². The molecule has 0 radical (unpaired) electrons. The maximum absolute atomic E-state index is 13.1. The minimum Gasteiger partial charge on any atom is -0.481 e. The van der Waals surface area contributed by atoms with Crippen LogP contribution in [0.5, 0.6) is 0 Å². The van der Waals surface area contributed by atoms with Gasteiger partial charge in [-0.2, -0.15) is 0 Å². The Morgan fingerprint density at radius 2 is 1.75 bits per heavy atom. The number of amides is 2. The monoisotopic (exact) mass is 490 g/mol. The molecule has 0 saturated carbocycles. The molecule has 190 valence electrons. The van der Waals surface area contributed by atoms with Crippen LogP contribution in [0.2, 0.25) is 0 Å². The lowest BCUT2D eigenvalue weighted by molar-refractivity contribution is -0.139. The highest BCUT2D eigenvalue weighted by molar-refractivity contribution is 6.06. The first kappa shape index (κ1) is 26.7. The number of fused-ring (bicyclic) bond motifs is 1. The van der Waals surface area contributed by atoms with Crippen molar-refractivity contribution in [3.8, 4) is 11.1 Å². The lowest BCUT2D eigenvalue weighted by Crippen LogP contribution is -2.40. The van der Waals surface area contributed by atoms with E-state index in [1.165, 1.54) is 4.90 Å². The van der Waals surface area contributed by atoms with E-state index in [9.17, 15) is 19.5 Å². The summed E-state index contributed by atoms with van der Waals surface area (Å²) in [5, 5.41) is 9.63. The molecule has 3 rings (SSSR count). The lowest BCUT2D eigenvalue weighted by Gasteiger charge is -2.21. The van der Waals surface area contributed by atoms with Crippen LogP contribution >= 0.6 is 0 Å². The van der Waals surface area contributed by atoms with E-state index in [2.05, 4.69) is 4.99 Å². The maximum Gasteiger partial charge on any atom is 0.310 e. The van der Waals surface area contributed by atoms with Crippen molar-refractivity contribution in [3.63, 3.8) is 0 Å². The smallest absolute Gasteiger partial charge is 0.310 e. The number of primary amides is 1. The largest absolute Gasteiger partial charge is 0.481 e. The Morgan fingerprint density at radius 3 is 2.33 bits per heavy atom. The highest BCUT2D eigenvalue weighted by Gasteiger charge is 2.23.